The Hall–Kier alpha value is -1.94. The number of hydrogen-bond acceptors (Lipinski definition) is 3. The second-order valence-corrected chi connectivity index (χ2v) is 9.20. The summed E-state index contributed by atoms with van der Waals surface area (Å²) >= 11 is 1.81. The number of thiazole rings is 1. The van der Waals surface area contributed by atoms with Crippen molar-refractivity contribution in [2.75, 3.05) is 25.0 Å². The van der Waals surface area contributed by atoms with Crippen molar-refractivity contribution >= 4 is 33.9 Å². The summed E-state index contributed by atoms with van der Waals surface area (Å²) in [6.45, 7) is 11.3. The fourth-order valence-corrected chi connectivity index (χ4v) is 4.83. The maximum Gasteiger partial charge on any atom is 0.209 e. The third-order valence-corrected chi connectivity index (χ3v) is 6.71. The molecule has 3 rings (SSSR count). The second kappa shape index (κ2) is 9.04. The molecule has 0 spiro atoms. The van der Waals surface area contributed by atoms with Gasteiger partial charge in [-0.25, -0.2) is 4.98 Å². The van der Waals surface area contributed by atoms with E-state index < -0.39 is 0 Å². The molecule has 2 heterocycles. The van der Waals surface area contributed by atoms with Gasteiger partial charge in [0.2, 0.25) is 5.69 Å². The minimum Gasteiger partial charge on any atom is -0.348 e. The molecule has 0 atom stereocenters. The standard InChI is InChI=1S/C24H34N3S/c1-6-8-16-27(17-9-7-2)23-25-18-19(28-23)14-15-22-24(3,4)20-12-10-11-13-21(20)26(22)5/h10-15,18H,6-9,16-17H2,1-5H3/q+1. The molecule has 28 heavy (non-hydrogen) atoms. The number of fused-ring (bicyclic) bond motifs is 1. The first-order valence-corrected chi connectivity index (χ1v) is 11.4. The zero-order valence-corrected chi connectivity index (χ0v) is 18.9. The number of hydrogen-bond donors (Lipinski definition) is 0. The SMILES string of the molecule is CCCCN(CCCC)c1ncc(C=CC2=[N+](C)c3ccccc3C2(C)C)s1. The highest BCUT2D eigenvalue weighted by Crippen LogP contribution is 2.39. The van der Waals surface area contributed by atoms with Crippen LogP contribution in [0.3, 0.4) is 0 Å². The number of unbranched alkanes of at least 4 members (excludes halogenated alkanes) is 2. The predicted octanol–water partition coefficient (Wildman–Crippen LogP) is 6.27. The van der Waals surface area contributed by atoms with Gasteiger partial charge in [0.05, 0.1) is 5.41 Å². The van der Waals surface area contributed by atoms with Crippen molar-refractivity contribution in [3.05, 3.63) is 47.0 Å². The van der Waals surface area contributed by atoms with Crippen LogP contribution in [0.5, 0.6) is 0 Å². The van der Waals surface area contributed by atoms with Gasteiger partial charge >= 0.3 is 0 Å². The Bertz CT molecular complexity index is 852. The summed E-state index contributed by atoms with van der Waals surface area (Å²) in [4.78, 5) is 8.42. The Morgan fingerprint density at radius 2 is 1.75 bits per heavy atom. The maximum atomic E-state index is 4.73. The molecule has 0 aliphatic carbocycles. The van der Waals surface area contributed by atoms with E-state index in [4.69, 9.17) is 4.98 Å². The van der Waals surface area contributed by atoms with E-state index in [2.05, 4.69) is 80.6 Å². The maximum absolute atomic E-state index is 4.73. The number of para-hydroxylation sites is 1. The number of aromatic nitrogens is 1. The lowest BCUT2D eigenvalue weighted by Gasteiger charge is -2.21. The normalized spacial score (nSPS) is 15.5. The topological polar surface area (TPSA) is 19.1 Å². The molecule has 1 aromatic heterocycles. The highest BCUT2D eigenvalue weighted by atomic mass is 32.1. The van der Waals surface area contributed by atoms with Crippen molar-refractivity contribution in [3.8, 4) is 0 Å². The molecular weight excluding hydrogens is 362 g/mol. The molecule has 3 nitrogen and oxygen atoms in total. The highest BCUT2D eigenvalue weighted by Gasteiger charge is 2.42. The lowest BCUT2D eigenvalue weighted by molar-refractivity contribution is -0.401. The molecule has 1 aliphatic heterocycles. The predicted molar refractivity (Wildman–Crippen MR) is 123 cm³/mol. The largest absolute Gasteiger partial charge is 0.348 e. The van der Waals surface area contributed by atoms with Crippen LogP contribution in [0.15, 0.2) is 36.5 Å². The van der Waals surface area contributed by atoms with Gasteiger partial charge < -0.3 is 4.90 Å². The van der Waals surface area contributed by atoms with Gasteiger partial charge in [0.25, 0.3) is 0 Å². The minimum absolute atomic E-state index is 0.0175. The summed E-state index contributed by atoms with van der Waals surface area (Å²) in [5.41, 5.74) is 4.05. The highest BCUT2D eigenvalue weighted by molar-refractivity contribution is 7.16. The summed E-state index contributed by atoms with van der Waals surface area (Å²) < 4.78 is 2.32. The molecule has 2 aromatic rings. The van der Waals surface area contributed by atoms with E-state index in [1.54, 1.807) is 11.3 Å². The van der Waals surface area contributed by atoms with Crippen molar-refractivity contribution in [1.29, 1.82) is 0 Å². The van der Waals surface area contributed by atoms with Gasteiger partial charge in [-0.05, 0) is 32.8 Å². The van der Waals surface area contributed by atoms with Crippen LogP contribution in [0.4, 0.5) is 10.8 Å². The summed E-state index contributed by atoms with van der Waals surface area (Å²) in [5, 5.41) is 1.16. The monoisotopic (exact) mass is 396 g/mol. The van der Waals surface area contributed by atoms with E-state index in [0.717, 1.165) is 18.2 Å². The summed E-state index contributed by atoms with van der Waals surface area (Å²) in [5.74, 6) is 0. The Kier molecular flexibility index (Phi) is 6.71. The van der Waals surface area contributed by atoms with Crippen LogP contribution in [0.2, 0.25) is 0 Å². The van der Waals surface area contributed by atoms with Gasteiger partial charge in [0.1, 0.15) is 7.05 Å². The molecule has 4 heteroatoms. The van der Waals surface area contributed by atoms with Crippen LogP contribution in [0.25, 0.3) is 6.08 Å². The Morgan fingerprint density at radius 3 is 2.39 bits per heavy atom. The van der Waals surface area contributed by atoms with E-state index >= 15 is 0 Å². The summed E-state index contributed by atoms with van der Waals surface area (Å²) in [6, 6.07) is 8.71. The van der Waals surface area contributed by atoms with Crippen molar-refractivity contribution < 1.29 is 4.58 Å². The second-order valence-electron chi connectivity index (χ2n) is 8.16. The average Bonchev–Trinajstić information content (AvgIpc) is 3.23. The lowest BCUT2D eigenvalue weighted by atomic mass is 9.81. The van der Waals surface area contributed by atoms with Crippen LogP contribution in [-0.4, -0.2) is 35.4 Å². The summed E-state index contributed by atoms with van der Waals surface area (Å²) in [6.07, 6.45) is 11.4. The molecule has 0 radical (unpaired) electrons. The number of nitrogens with zero attached hydrogens (tertiary/aromatic N) is 3. The molecular formula is C24H34N3S+. The van der Waals surface area contributed by atoms with Gasteiger partial charge in [-0.15, -0.1) is 0 Å². The first-order chi connectivity index (χ1) is 13.5. The van der Waals surface area contributed by atoms with Gasteiger partial charge in [-0.3, -0.25) is 0 Å². The summed E-state index contributed by atoms with van der Waals surface area (Å²) in [7, 11) is 2.17. The first kappa shape index (κ1) is 20.8. The van der Waals surface area contributed by atoms with Crippen LogP contribution >= 0.6 is 11.3 Å². The Morgan fingerprint density at radius 1 is 1.07 bits per heavy atom. The molecule has 0 N–H and O–H groups in total. The van der Waals surface area contributed by atoms with Crippen molar-refractivity contribution in [2.24, 2.45) is 0 Å². The molecule has 1 aromatic carbocycles. The Labute approximate surface area is 174 Å². The lowest BCUT2D eigenvalue weighted by Crippen LogP contribution is -2.26. The van der Waals surface area contributed by atoms with E-state index in [1.165, 1.54) is 47.5 Å². The van der Waals surface area contributed by atoms with Gasteiger partial charge in [0, 0.05) is 41.9 Å². The zero-order valence-electron chi connectivity index (χ0n) is 18.0. The smallest absolute Gasteiger partial charge is 0.209 e. The molecule has 0 saturated heterocycles. The Balaban J connectivity index is 1.79. The van der Waals surface area contributed by atoms with Crippen molar-refractivity contribution in [2.45, 2.75) is 58.8 Å². The molecule has 0 fully saturated rings. The van der Waals surface area contributed by atoms with E-state index in [1.807, 2.05) is 6.20 Å². The molecule has 1 aliphatic rings. The molecule has 0 amide bonds. The van der Waals surface area contributed by atoms with E-state index in [9.17, 15) is 0 Å². The third-order valence-electron chi connectivity index (χ3n) is 5.69. The quantitative estimate of drug-likeness (QED) is 0.465. The number of rotatable bonds is 9. The van der Waals surface area contributed by atoms with Gasteiger partial charge in [-0.1, -0.05) is 56.2 Å². The van der Waals surface area contributed by atoms with Gasteiger partial charge in [-0.2, -0.15) is 4.58 Å². The fourth-order valence-electron chi connectivity index (χ4n) is 3.96. The van der Waals surface area contributed by atoms with Crippen molar-refractivity contribution in [3.63, 3.8) is 0 Å². The number of allylic oxidation sites excluding steroid dienone is 1. The molecule has 150 valence electrons. The number of benzene rings is 1. The van der Waals surface area contributed by atoms with Crippen LogP contribution in [-0.2, 0) is 5.41 Å². The van der Waals surface area contributed by atoms with E-state index in [0.29, 0.717) is 0 Å². The molecule has 0 saturated carbocycles. The van der Waals surface area contributed by atoms with Crippen LogP contribution in [0.1, 0.15) is 63.8 Å². The fraction of sp³-hybridized carbons (Fsp3) is 0.500. The van der Waals surface area contributed by atoms with Crippen LogP contribution < -0.4 is 4.90 Å². The minimum atomic E-state index is 0.0175. The zero-order chi connectivity index (χ0) is 20.1. The van der Waals surface area contributed by atoms with Crippen molar-refractivity contribution in [1.82, 2.24) is 4.98 Å². The van der Waals surface area contributed by atoms with Crippen LogP contribution in [0, 0.1) is 0 Å². The first-order valence-electron chi connectivity index (χ1n) is 10.6. The third kappa shape index (κ3) is 4.22. The average molecular weight is 397 g/mol. The number of anilines is 1. The molecule has 0 unspecified atom stereocenters. The van der Waals surface area contributed by atoms with E-state index in [-0.39, 0.29) is 5.41 Å². The molecule has 0 bridgehead atoms. The van der Waals surface area contributed by atoms with Gasteiger partial charge in [0.15, 0.2) is 10.8 Å².